The normalized spacial score (nSPS) is 11.7. The summed E-state index contributed by atoms with van der Waals surface area (Å²) in [6, 6.07) is 27.2. The average molecular weight is 482 g/mol. The molecule has 1 atom stereocenters. The minimum atomic E-state index is -1.06. The van der Waals surface area contributed by atoms with Crippen molar-refractivity contribution < 1.29 is 23.9 Å². The summed E-state index contributed by atoms with van der Waals surface area (Å²) >= 11 is 0. The van der Waals surface area contributed by atoms with Gasteiger partial charge in [-0.05, 0) is 35.9 Å². The summed E-state index contributed by atoms with van der Waals surface area (Å²) < 4.78 is 5.67. The Morgan fingerprint density at radius 1 is 0.861 bits per heavy atom. The number of aromatic carboxylic acids is 1. The molecule has 1 heterocycles. The summed E-state index contributed by atoms with van der Waals surface area (Å²) in [5.41, 5.74) is 4.29. The molecule has 0 radical (unpaired) electrons. The van der Waals surface area contributed by atoms with Gasteiger partial charge in [0, 0.05) is 11.1 Å². The van der Waals surface area contributed by atoms with Crippen LogP contribution in [-0.2, 0) is 4.79 Å². The Kier molecular flexibility index (Phi) is 7.67. The third kappa shape index (κ3) is 6.12. The Hall–Kier alpha value is -4.98. The minimum Gasteiger partial charge on any atom is -0.478 e. The van der Waals surface area contributed by atoms with Gasteiger partial charge < -0.3 is 14.8 Å². The molecule has 0 aliphatic carbocycles. The Morgan fingerprint density at radius 2 is 1.53 bits per heavy atom. The smallest absolute Gasteiger partial charge is 0.336 e. The molecular formula is C28H23N3O5. The second-order valence-corrected chi connectivity index (χ2v) is 7.85. The van der Waals surface area contributed by atoms with Gasteiger partial charge in [0.15, 0.2) is 0 Å². The summed E-state index contributed by atoms with van der Waals surface area (Å²) in [5, 5.41) is 16.2. The van der Waals surface area contributed by atoms with Crippen molar-refractivity contribution in [3.05, 3.63) is 120 Å². The van der Waals surface area contributed by atoms with E-state index in [4.69, 9.17) is 4.42 Å². The lowest BCUT2D eigenvalue weighted by molar-refractivity contribution is -0.121. The average Bonchev–Trinajstić information content (AvgIpc) is 3.38. The van der Waals surface area contributed by atoms with Crippen LogP contribution >= 0.6 is 0 Å². The largest absolute Gasteiger partial charge is 0.478 e. The van der Waals surface area contributed by atoms with Gasteiger partial charge in [0.1, 0.15) is 11.5 Å². The molecule has 0 saturated heterocycles. The van der Waals surface area contributed by atoms with Crippen LogP contribution in [0.5, 0.6) is 0 Å². The quantitative estimate of drug-likeness (QED) is 0.237. The number of hydrazone groups is 1. The number of rotatable bonds is 9. The van der Waals surface area contributed by atoms with Gasteiger partial charge in [0.05, 0.1) is 24.2 Å². The molecule has 1 aromatic heterocycles. The van der Waals surface area contributed by atoms with E-state index in [1.165, 1.54) is 12.3 Å². The maximum Gasteiger partial charge on any atom is 0.336 e. The van der Waals surface area contributed by atoms with Crippen molar-refractivity contribution in [2.75, 3.05) is 0 Å². The van der Waals surface area contributed by atoms with Crippen molar-refractivity contribution in [1.29, 1.82) is 0 Å². The van der Waals surface area contributed by atoms with E-state index in [-0.39, 0.29) is 17.9 Å². The molecule has 4 rings (SSSR count). The minimum absolute atomic E-state index is 0.0324. The molecule has 0 saturated carbocycles. The van der Waals surface area contributed by atoms with Gasteiger partial charge in [-0.1, -0.05) is 66.7 Å². The van der Waals surface area contributed by atoms with Crippen molar-refractivity contribution in [1.82, 2.24) is 10.7 Å². The molecule has 0 spiro atoms. The summed E-state index contributed by atoms with van der Waals surface area (Å²) in [5.74, 6) is -1.05. The number of nitrogens with one attached hydrogen (secondary N) is 2. The summed E-state index contributed by atoms with van der Waals surface area (Å²) in [6.45, 7) is 0. The lowest BCUT2D eigenvalue weighted by atomic mass is 10.0. The summed E-state index contributed by atoms with van der Waals surface area (Å²) in [6.07, 6.45) is 1.29. The van der Waals surface area contributed by atoms with Crippen molar-refractivity contribution in [2.45, 2.75) is 12.5 Å². The first-order valence-electron chi connectivity index (χ1n) is 11.2. The van der Waals surface area contributed by atoms with Crippen LogP contribution in [0.1, 0.15) is 44.5 Å². The van der Waals surface area contributed by atoms with Crippen LogP contribution in [0.2, 0.25) is 0 Å². The van der Waals surface area contributed by atoms with Crippen LogP contribution in [0.15, 0.2) is 107 Å². The second-order valence-electron chi connectivity index (χ2n) is 7.85. The maximum atomic E-state index is 12.7. The van der Waals surface area contributed by atoms with Crippen molar-refractivity contribution in [2.24, 2.45) is 5.10 Å². The first kappa shape index (κ1) is 24.2. The highest BCUT2D eigenvalue weighted by molar-refractivity contribution is 5.96. The van der Waals surface area contributed by atoms with E-state index in [1.54, 1.807) is 54.6 Å². The zero-order valence-electron chi connectivity index (χ0n) is 19.1. The molecule has 0 bridgehead atoms. The lowest BCUT2D eigenvalue weighted by Crippen LogP contribution is -2.32. The van der Waals surface area contributed by atoms with E-state index in [0.717, 1.165) is 5.56 Å². The van der Waals surface area contributed by atoms with Crippen LogP contribution < -0.4 is 10.7 Å². The highest BCUT2D eigenvalue weighted by atomic mass is 16.4. The highest BCUT2D eigenvalue weighted by Gasteiger charge is 2.19. The molecule has 180 valence electrons. The number of carboxylic acids is 1. The molecular weight excluding hydrogens is 458 g/mol. The van der Waals surface area contributed by atoms with Gasteiger partial charge in [-0.15, -0.1) is 0 Å². The monoisotopic (exact) mass is 481 g/mol. The van der Waals surface area contributed by atoms with Gasteiger partial charge in [0.2, 0.25) is 5.91 Å². The van der Waals surface area contributed by atoms with E-state index in [1.807, 2.05) is 36.4 Å². The molecule has 3 aromatic carbocycles. The third-order valence-corrected chi connectivity index (χ3v) is 5.36. The summed E-state index contributed by atoms with van der Waals surface area (Å²) in [4.78, 5) is 36.7. The Balaban J connectivity index is 1.41. The number of carbonyl (C=O) groups is 3. The van der Waals surface area contributed by atoms with E-state index < -0.39 is 17.9 Å². The molecule has 2 amide bonds. The predicted molar refractivity (Wildman–Crippen MR) is 135 cm³/mol. The van der Waals surface area contributed by atoms with Crippen LogP contribution in [0.3, 0.4) is 0 Å². The fourth-order valence-electron chi connectivity index (χ4n) is 3.62. The predicted octanol–water partition coefficient (Wildman–Crippen LogP) is 4.66. The van der Waals surface area contributed by atoms with E-state index in [9.17, 15) is 19.5 Å². The number of amides is 2. The van der Waals surface area contributed by atoms with Gasteiger partial charge in [0.25, 0.3) is 5.91 Å². The summed E-state index contributed by atoms with van der Waals surface area (Å²) in [7, 11) is 0. The molecule has 0 unspecified atom stereocenters. The second kappa shape index (κ2) is 11.4. The fraction of sp³-hybridized carbons (Fsp3) is 0.0714. The van der Waals surface area contributed by atoms with E-state index in [2.05, 4.69) is 15.8 Å². The number of carboxylic acid groups (broad SMARTS) is 1. The molecule has 3 N–H and O–H groups in total. The fourth-order valence-corrected chi connectivity index (χ4v) is 3.62. The van der Waals surface area contributed by atoms with Gasteiger partial charge in [-0.3, -0.25) is 9.59 Å². The van der Waals surface area contributed by atoms with Crippen LogP contribution in [0.25, 0.3) is 11.3 Å². The first-order valence-corrected chi connectivity index (χ1v) is 11.2. The van der Waals surface area contributed by atoms with Crippen molar-refractivity contribution >= 4 is 24.0 Å². The zero-order valence-corrected chi connectivity index (χ0v) is 19.1. The number of hydrogen-bond acceptors (Lipinski definition) is 5. The van der Waals surface area contributed by atoms with Crippen LogP contribution in [0.4, 0.5) is 0 Å². The number of benzene rings is 3. The Labute approximate surface area is 207 Å². The Bertz CT molecular complexity index is 1380. The molecule has 8 heteroatoms. The van der Waals surface area contributed by atoms with Gasteiger partial charge in [-0.2, -0.15) is 5.10 Å². The standard InChI is InChI=1S/C28H23N3O5/c32-26(17-24(19-9-3-1-4-10-19)30-27(33)20-11-5-2-6-12-20)31-29-18-21-15-16-25(36-21)22-13-7-8-14-23(22)28(34)35/h1-16,18,24H,17H2,(H,30,33)(H,31,32)(H,34,35)/b29-18-/t24-/m0/s1. The molecule has 4 aromatic rings. The first-order chi connectivity index (χ1) is 17.5. The topological polar surface area (TPSA) is 121 Å². The van der Waals surface area contributed by atoms with Crippen LogP contribution in [0, 0.1) is 0 Å². The maximum absolute atomic E-state index is 12.7. The van der Waals surface area contributed by atoms with Crippen molar-refractivity contribution in [3.8, 4) is 11.3 Å². The number of carbonyl (C=O) groups excluding carboxylic acids is 2. The zero-order chi connectivity index (χ0) is 25.3. The SMILES string of the molecule is O=C(C[C@H](NC(=O)c1ccccc1)c1ccccc1)N/N=C\c1ccc(-c2ccccc2C(=O)O)o1. The third-order valence-electron chi connectivity index (χ3n) is 5.36. The van der Waals surface area contributed by atoms with Gasteiger partial charge in [-0.25, -0.2) is 10.2 Å². The number of furan rings is 1. The molecule has 0 aliphatic heterocycles. The van der Waals surface area contributed by atoms with Crippen LogP contribution in [-0.4, -0.2) is 29.1 Å². The van der Waals surface area contributed by atoms with E-state index >= 15 is 0 Å². The molecule has 0 aliphatic rings. The molecule has 0 fully saturated rings. The number of hydrogen-bond donors (Lipinski definition) is 3. The highest BCUT2D eigenvalue weighted by Crippen LogP contribution is 2.25. The number of nitrogens with zero attached hydrogens (tertiary/aromatic N) is 1. The van der Waals surface area contributed by atoms with E-state index in [0.29, 0.717) is 22.6 Å². The van der Waals surface area contributed by atoms with Gasteiger partial charge >= 0.3 is 5.97 Å². The molecule has 36 heavy (non-hydrogen) atoms. The Morgan fingerprint density at radius 3 is 2.25 bits per heavy atom. The van der Waals surface area contributed by atoms with Crippen molar-refractivity contribution in [3.63, 3.8) is 0 Å². The lowest BCUT2D eigenvalue weighted by Gasteiger charge is -2.18. The molecule has 8 nitrogen and oxygen atoms in total.